The first-order valence-corrected chi connectivity index (χ1v) is 4.35. The molecule has 0 saturated carbocycles. The molecule has 6 nitrogen and oxygen atoms in total. The van der Waals surface area contributed by atoms with Gasteiger partial charge in [0.25, 0.3) is 0 Å². The summed E-state index contributed by atoms with van der Waals surface area (Å²) in [6, 6.07) is 2.93. The molecule has 4 N–H and O–H groups in total. The lowest BCUT2D eigenvalue weighted by molar-refractivity contribution is 0.0690. The smallest absolute Gasteiger partial charge is 0.354 e. The van der Waals surface area contributed by atoms with Crippen molar-refractivity contribution in [1.29, 1.82) is 0 Å². The first-order chi connectivity index (χ1) is 7.13. The van der Waals surface area contributed by atoms with Crippen LogP contribution in [0, 0.1) is 0 Å². The van der Waals surface area contributed by atoms with Crippen molar-refractivity contribution in [3.05, 3.63) is 24.0 Å². The topological polar surface area (TPSA) is 103 Å². The highest BCUT2D eigenvalue weighted by Gasteiger charge is 2.06. The normalized spacial score (nSPS) is 12.1. The van der Waals surface area contributed by atoms with E-state index < -0.39 is 12.1 Å². The third-order valence-electron chi connectivity index (χ3n) is 1.73. The number of anilines is 1. The molecule has 1 aromatic rings. The molecule has 1 rings (SSSR count). The number of aromatic nitrogens is 1. The van der Waals surface area contributed by atoms with E-state index in [0.717, 1.165) is 0 Å². The van der Waals surface area contributed by atoms with Gasteiger partial charge in [-0.3, -0.25) is 0 Å². The molecule has 0 radical (unpaired) electrons. The molecule has 1 atom stereocenters. The second-order valence-corrected chi connectivity index (χ2v) is 2.95. The van der Waals surface area contributed by atoms with Crippen molar-refractivity contribution in [2.75, 3.05) is 18.5 Å². The minimum absolute atomic E-state index is 0.0708. The second kappa shape index (κ2) is 5.28. The average Bonchev–Trinajstić information content (AvgIpc) is 2.26. The predicted molar refractivity (Wildman–Crippen MR) is 52.8 cm³/mol. The quantitative estimate of drug-likeness (QED) is 0.527. The minimum Gasteiger partial charge on any atom is -0.477 e. The fourth-order valence-electron chi connectivity index (χ4n) is 0.958. The van der Waals surface area contributed by atoms with E-state index in [9.17, 15) is 4.79 Å². The summed E-state index contributed by atoms with van der Waals surface area (Å²) in [5.74, 6) is -1.11. The Labute approximate surface area is 86.2 Å². The van der Waals surface area contributed by atoms with Crippen LogP contribution < -0.4 is 5.32 Å². The van der Waals surface area contributed by atoms with Crippen LogP contribution in [0.3, 0.4) is 0 Å². The van der Waals surface area contributed by atoms with Gasteiger partial charge in [-0.1, -0.05) is 0 Å². The monoisotopic (exact) mass is 212 g/mol. The van der Waals surface area contributed by atoms with Gasteiger partial charge in [0.05, 0.1) is 12.7 Å². The molecule has 0 saturated heterocycles. The van der Waals surface area contributed by atoms with Gasteiger partial charge in [-0.2, -0.15) is 0 Å². The molecule has 1 unspecified atom stereocenters. The number of nitrogens with one attached hydrogen (secondary N) is 1. The molecule has 0 fully saturated rings. The van der Waals surface area contributed by atoms with Crippen LogP contribution in [-0.2, 0) is 0 Å². The lowest BCUT2D eigenvalue weighted by Gasteiger charge is -2.09. The molecule has 6 heteroatoms. The summed E-state index contributed by atoms with van der Waals surface area (Å²) >= 11 is 0. The Morgan fingerprint density at radius 2 is 2.33 bits per heavy atom. The van der Waals surface area contributed by atoms with Gasteiger partial charge < -0.3 is 20.6 Å². The van der Waals surface area contributed by atoms with Crippen LogP contribution in [0.25, 0.3) is 0 Å². The zero-order chi connectivity index (χ0) is 11.3. The van der Waals surface area contributed by atoms with E-state index in [4.69, 9.17) is 15.3 Å². The van der Waals surface area contributed by atoms with Crippen molar-refractivity contribution >= 4 is 11.7 Å². The Balaban J connectivity index is 2.62. The van der Waals surface area contributed by atoms with E-state index in [1.807, 2.05) is 0 Å². The van der Waals surface area contributed by atoms with E-state index in [2.05, 4.69) is 10.3 Å². The van der Waals surface area contributed by atoms with Crippen LogP contribution >= 0.6 is 0 Å². The number of aliphatic hydroxyl groups excluding tert-OH is 2. The van der Waals surface area contributed by atoms with Crippen molar-refractivity contribution < 1.29 is 20.1 Å². The van der Waals surface area contributed by atoms with Gasteiger partial charge in [0.15, 0.2) is 0 Å². The first-order valence-electron chi connectivity index (χ1n) is 4.35. The van der Waals surface area contributed by atoms with Gasteiger partial charge in [0, 0.05) is 18.4 Å². The van der Waals surface area contributed by atoms with E-state index >= 15 is 0 Å². The molecule has 0 aliphatic rings. The Bertz CT molecular complexity index is 343. The summed E-state index contributed by atoms with van der Waals surface area (Å²) in [6.45, 7) is -0.191. The van der Waals surface area contributed by atoms with Gasteiger partial charge in [-0.05, 0) is 12.1 Å². The average molecular weight is 212 g/mol. The van der Waals surface area contributed by atoms with Crippen LogP contribution in [0.5, 0.6) is 0 Å². The number of aromatic carboxylic acids is 1. The van der Waals surface area contributed by atoms with Crippen molar-refractivity contribution in [2.45, 2.75) is 6.10 Å². The summed E-state index contributed by atoms with van der Waals surface area (Å²) in [4.78, 5) is 14.2. The van der Waals surface area contributed by atoms with Crippen LogP contribution in [0.2, 0.25) is 0 Å². The number of nitrogens with zero attached hydrogens (tertiary/aromatic N) is 1. The number of carbonyl (C=O) groups is 1. The SMILES string of the molecule is O=C(O)c1cc(NCC(O)CO)ccn1. The number of hydrogen-bond acceptors (Lipinski definition) is 5. The molecule has 15 heavy (non-hydrogen) atoms. The van der Waals surface area contributed by atoms with Crippen LogP contribution in [0.15, 0.2) is 18.3 Å². The Kier molecular flexibility index (Phi) is 4.02. The van der Waals surface area contributed by atoms with Gasteiger partial charge in [0.1, 0.15) is 5.69 Å². The standard InChI is InChI=1S/C9H12N2O4/c12-5-7(13)4-11-6-1-2-10-8(3-6)9(14)15/h1-3,7,12-13H,4-5H2,(H,10,11)(H,14,15). The predicted octanol–water partition coefficient (Wildman–Crippen LogP) is -0.455. The number of carboxylic acid groups (broad SMARTS) is 1. The highest BCUT2D eigenvalue weighted by Crippen LogP contribution is 2.07. The van der Waals surface area contributed by atoms with Crippen LogP contribution in [-0.4, -0.2) is 45.5 Å². The zero-order valence-electron chi connectivity index (χ0n) is 7.92. The number of hydrogen-bond donors (Lipinski definition) is 4. The Hall–Kier alpha value is -1.66. The van der Waals surface area contributed by atoms with Gasteiger partial charge >= 0.3 is 5.97 Å². The zero-order valence-corrected chi connectivity index (χ0v) is 7.92. The Morgan fingerprint density at radius 3 is 2.93 bits per heavy atom. The fourth-order valence-corrected chi connectivity index (χ4v) is 0.958. The summed E-state index contributed by atoms with van der Waals surface area (Å²) in [6.07, 6.45) is 0.489. The summed E-state index contributed by atoms with van der Waals surface area (Å²) < 4.78 is 0. The number of carboxylic acids is 1. The molecule has 1 heterocycles. The molecule has 0 aliphatic heterocycles. The third kappa shape index (κ3) is 3.53. The number of aliphatic hydroxyl groups is 2. The maximum atomic E-state index is 10.6. The lowest BCUT2D eigenvalue weighted by atomic mass is 10.3. The van der Waals surface area contributed by atoms with E-state index in [1.165, 1.54) is 12.3 Å². The summed E-state index contributed by atoms with van der Waals surface area (Å²) in [5.41, 5.74) is 0.466. The molecule has 0 aliphatic carbocycles. The lowest BCUT2D eigenvalue weighted by Crippen LogP contribution is -2.23. The molecule has 82 valence electrons. The highest BCUT2D eigenvalue weighted by atomic mass is 16.4. The third-order valence-corrected chi connectivity index (χ3v) is 1.73. The van der Waals surface area contributed by atoms with Crippen molar-refractivity contribution in [3.8, 4) is 0 Å². The largest absolute Gasteiger partial charge is 0.477 e. The molecule has 0 spiro atoms. The van der Waals surface area contributed by atoms with Crippen molar-refractivity contribution in [1.82, 2.24) is 4.98 Å². The number of pyridine rings is 1. The first kappa shape index (κ1) is 11.4. The maximum Gasteiger partial charge on any atom is 0.354 e. The molecule has 0 amide bonds. The van der Waals surface area contributed by atoms with E-state index in [-0.39, 0.29) is 18.8 Å². The molecule has 0 aromatic carbocycles. The molecular weight excluding hydrogens is 200 g/mol. The molecule has 0 bridgehead atoms. The number of rotatable bonds is 5. The summed E-state index contributed by atoms with van der Waals surface area (Å²) in [7, 11) is 0. The fraction of sp³-hybridized carbons (Fsp3) is 0.333. The van der Waals surface area contributed by atoms with Crippen molar-refractivity contribution in [3.63, 3.8) is 0 Å². The van der Waals surface area contributed by atoms with Gasteiger partial charge in [0.2, 0.25) is 0 Å². The molecule has 1 aromatic heterocycles. The Morgan fingerprint density at radius 1 is 1.60 bits per heavy atom. The van der Waals surface area contributed by atoms with Crippen molar-refractivity contribution in [2.24, 2.45) is 0 Å². The van der Waals surface area contributed by atoms with E-state index in [1.54, 1.807) is 6.07 Å². The second-order valence-electron chi connectivity index (χ2n) is 2.95. The minimum atomic E-state index is -1.11. The van der Waals surface area contributed by atoms with Crippen LogP contribution in [0.4, 0.5) is 5.69 Å². The highest BCUT2D eigenvalue weighted by molar-refractivity contribution is 5.86. The van der Waals surface area contributed by atoms with E-state index in [0.29, 0.717) is 5.69 Å². The van der Waals surface area contributed by atoms with Gasteiger partial charge in [-0.25, -0.2) is 9.78 Å². The molecular formula is C9H12N2O4. The van der Waals surface area contributed by atoms with Gasteiger partial charge in [-0.15, -0.1) is 0 Å². The maximum absolute atomic E-state index is 10.6. The van der Waals surface area contributed by atoms with Crippen LogP contribution in [0.1, 0.15) is 10.5 Å². The summed E-state index contributed by atoms with van der Waals surface area (Å²) in [5, 5.41) is 29.0.